The number of nitrogens with zero attached hydrogens (tertiary/aromatic N) is 4. The standard InChI is InChI=1S/C25H25F3N4O/c26-25(27,28)20-6-3-7-22(14-20)33-24-15-23(29-17-30-24)31-12-9-21(10-13-31)32-11-8-18-4-1-2-5-19(18)16-32/h1-7,14-15,17,21H,8-13,16H2. The summed E-state index contributed by atoms with van der Waals surface area (Å²) in [5.74, 6) is 1.06. The van der Waals surface area contributed by atoms with Gasteiger partial charge in [0.25, 0.3) is 0 Å². The van der Waals surface area contributed by atoms with E-state index in [1.165, 1.54) is 29.6 Å². The highest BCUT2D eigenvalue weighted by Gasteiger charge is 2.31. The van der Waals surface area contributed by atoms with Gasteiger partial charge in [0, 0.05) is 38.3 Å². The number of rotatable bonds is 4. The first-order valence-corrected chi connectivity index (χ1v) is 11.2. The van der Waals surface area contributed by atoms with Crippen LogP contribution >= 0.6 is 0 Å². The topological polar surface area (TPSA) is 41.5 Å². The van der Waals surface area contributed by atoms with Gasteiger partial charge in [-0.25, -0.2) is 9.97 Å². The van der Waals surface area contributed by atoms with E-state index < -0.39 is 11.7 Å². The maximum absolute atomic E-state index is 13.0. The molecule has 172 valence electrons. The van der Waals surface area contributed by atoms with Crippen LogP contribution in [-0.4, -0.2) is 40.5 Å². The summed E-state index contributed by atoms with van der Waals surface area (Å²) in [5.41, 5.74) is 2.13. The smallest absolute Gasteiger partial charge is 0.416 e. The van der Waals surface area contributed by atoms with Crippen LogP contribution in [0.5, 0.6) is 11.6 Å². The molecule has 0 radical (unpaired) electrons. The van der Waals surface area contributed by atoms with Gasteiger partial charge in [-0.1, -0.05) is 30.3 Å². The number of ether oxygens (including phenoxy) is 1. The van der Waals surface area contributed by atoms with E-state index in [4.69, 9.17) is 4.74 Å². The first-order valence-electron chi connectivity index (χ1n) is 11.2. The Morgan fingerprint density at radius 2 is 1.67 bits per heavy atom. The number of fused-ring (bicyclic) bond motifs is 1. The van der Waals surface area contributed by atoms with E-state index in [9.17, 15) is 13.2 Å². The van der Waals surface area contributed by atoms with Gasteiger partial charge in [0.1, 0.15) is 17.9 Å². The molecule has 0 unspecified atom stereocenters. The SMILES string of the molecule is FC(F)(F)c1cccc(Oc2cc(N3CCC(N4CCc5ccccc5C4)CC3)ncn2)c1. The summed E-state index contributed by atoms with van der Waals surface area (Å²) in [6.07, 6.45) is 0.146. The van der Waals surface area contributed by atoms with Gasteiger partial charge >= 0.3 is 6.18 Å². The van der Waals surface area contributed by atoms with Crippen molar-refractivity contribution in [3.63, 3.8) is 0 Å². The van der Waals surface area contributed by atoms with Crippen LogP contribution in [0.15, 0.2) is 60.9 Å². The van der Waals surface area contributed by atoms with Crippen LogP contribution in [0.1, 0.15) is 29.5 Å². The van der Waals surface area contributed by atoms with Crippen molar-refractivity contribution in [1.29, 1.82) is 0 Å². The largest absolute Gasteiger partial charge is 0.439 e. The molecule has 2 aliphatic rings. The van der Waals surface area contributed by atoms with Gasteiger partial charge in [-0.3, -0.25) is 4.90 Å². The summed E-state index contributed by atoms with van der Waals surface area (Å²) < 4.78 is 44.5. The minimum Gasteiger partial charge on any atom is -0.439 e. The Morgan fingerprint density at radius 3 is 2.45 bits per heavy atom. The zero-order valence-electron chi connectivity index (χ0n) is 18.1. The third-order valence-corrected chi connectivity index (χ3v) is 6.48. The summed E-state index contributed by atoms with van der Waals surface area (Å²) >= 11 is 0. The first kappa shape index (κ1) is 21.7. The average Bonchev–Trinajstić information content (AvgIpc) is 2.84. The second kappa shape index (κ2) is 9.02. The Balaban J connectivity index is 1.21. The summed E-state index contributed by atoms with van der Waals surface area (Å²) in [4.78, 5) is 13.2. The molecule has 0 atom stereocenters. The first-order chi connectivity index (χ1) is 16.0. The molecule has 0 saturated carbocycles. The quantitative estimate of drug-likeness (QED) is 0.534. The molecule has 1 saturated heterocycles. The molecule has 0 spiro atoms. The van der Waals surface area contributed by atoms with E-state index in [2.05, 4.69) is 44.0 Å². The Labute approximate surface area is 190 Å². The predicted octanol–water partition coefficient (Wildman–Crippen LogP) is 5.31. The van der Waals surface area contributed by atoms with E-state index in [-0.39, 0.29) is 11.6 Å². The van der Waals surface area contributed by atoms with Crippen LogP contribution in [0.25, 0.3) is 0 Å². The van der Waals surface area contributed by atoms with Crippen LogP contribution in [0, 0.1) is 0 Å². The molecule has 1 aromatic heterocycles. The fourth-order valence-electron chi connectivity index (χ4n) is 4.70. The zero-order valence-corrected chi connectivity index (χ0v) is 18.1. The van der Waals surface area contributed by atoms with Gasteiger partial charge in [-0.05, 0) is 48.6 Å². The molecule has 0 aliphatic carbocycles. The van der Waals surface area contributed by atoms with Gasteiger partial charge in [-0.2, -0.15) is 13.2 Å². The molecule has 2 aliphatic heterocycles. The lowest BCUT2D eigenvalue weighted by atomic mass is 9.95. The second-order valence-electron chi connectivity index (χ2n) is 8.55. The van der Waals surface area contributed by atoms with E-state index in [0.29, 0.717) is 6.04 Å². The highest BCUT2D eigenvalue weighted by Crippen LogP contribution is 2.33. The molecule has 3 aromatic rings. The van der Waals surface area contributed by atoms with Gasteiger partial charge in [0.15, 0.2) is 0 Å². The molecule has 5 rings (SSSR count). The summed E-state index contributed by atoms with van der Waals surface area (Å²) in [6.45, 7) is 3.82. The lowest BCUT2D eigenvalue weighted by Crippen LogP contribution is -2.46. The number of piperidine rings is 1. The predicted molar refractivity (Wildman–Crippen MR) is 119 cm³/mol. The van der Waals surface area contributed by atoms with Crippen LogP contribution in [0.2, 0.25) is 0 Å². The Morgan fingerprint density at radius 1 is 0.879 bits per heavy atom. The van der Waals surface area contributed by atoms with Crippen molar-refractivity contribution in [2.24, 2.45) is 0 Å². The second-order valence-corrected chi connectivity index (χ2v) is 8.55. The van der Waals surface area contributed by atoms with Gasteiger partial charge in [-0.15, -0.1) is 0 Å². The number of anilines is 1. The molecule has 0 amide bonds. The maximum Gasteiger partial charge on any atom is 0.416 e. The summed E-state index contributed by atoms with van der Waals surface area (Å²) in [5, 5.41) is 0. The van der Waals surface area contributed by atoms with Crippen LogP contribution in [-0.2, 0) is 19.1 Å². The van der Waals surface area contributed by atoms with Crippen molar-refractivity contribution in [2.75, 3.05) is 24.5 Å². The summed E-state index contributed by atoms with van der Waals surface area (Å²) in [6, 6.07) is 15.7. The lowest BCUT2D eigenvalue weighted by Gasteiger charge is -2.41. The van der Waals surface area contributed by atoms with E-state index in [0.717, 1.165) is 63.4 Å². The van der Waals surface area contributed by atoms with Crippen molar-refractivity contribution < 1.29 is 17.9 Å². The normalized spacial score (nSPS) is 17.6. The highest BCUT2D eigenvalue weighted by molar-refractivity contribution is 5.43. The van der Waals surface area contributed by atoms with E-state index >= 15 is 0 Å². The molecule has 2 aromatic carbocycles. The third-order valence-electron chi connectivity index (χ3n) is 6.48. The number of aromatic nitrogens is 2. The Kier molecular flexibility index (Phi) is 5.93. The molecule has 33 heavy (non-hydrogen) atoms. The van der Waals surface area contributed by atoms with Crippen molar-refractivity contribution in [2.45, 2.75) is 38.0 Å². The molecule has 8 heteroatoms. The number of hydrogen-bond donors (Lipinski definition) is 0. The Bertz CT molecular complexity index is 1110. The van der Waals surface area contributed by atoms with Crippen molar-refractivity contribution >= 4 is 5.82 Å². The van der Waals surface area contributed by atoms with E-state index in [1.54, 1.807) is 6.07 Å². The minimum absolute atomic E-state index is 0.0959. The number of halogens is 3. The van der Waals surface area contributed by atoms with Gasteiger partial charge in [0.05, 0.1) is 5.56 Å². The van der Waals surface area contributed by atoms with Crippen LogP contribution in [0.4, 0.5) is 19.0 Å². The number of alkyl halides is 3. The molecule has 0 bridgehead atoms. The highest BCUT2D eigenvalue weighted by atomic mass is 19.4. The fourth-order valence-corrected chi connectivity index (χ4v) is 4.70. The molecular weight excluding hydrogens is 429 g/mol. The number of hydrogen-bond acceptors (Lipinski definition) is 5. The molecular formula is C25H25F3N4O. The van der Waals surface area contributed by atoms with Crippen molar-refractivity contribution in [1.82, 2.24) is 14.9 Å². The minimum atomic E-state index is -4.42. The average molecular weight is 454 g/mol. The molecule has 5 nitrogen and oxygen atoms in total. The van der Waals surface area contributed by atoms with Gasteiger partial charge < -0.3 is 9.64 Å². The zero-order chi connectivity index (χ0) is 22.8. The molecule has 1 fully saturated rings. The third kappa shape index (κ3) is 4.95. The number of benzene rings is 2. The van der Waals surface area contributed by atoms with E-state index in [1.807, 2.05) is 0 Å². The van der Waals surface area contributed by atoms with Gasteiger partial charge in [0.2, 0.25) is 5.88 Å². The van der Waals surface area contributed by atoms with Crippen molar-refractivity contribution in [3.8, 4) is 11.6 Å². The van der Waals surface area contributed by atoms with Crippen LogP contribution < -0.4 is 9.64 Å². The van der Waals surface area contributed by atoms with Crippen LogP contribution in [0.3, 0.4) is 0 Å². The molecule has 3 heterocycles. The van der Waals surface area contributed by atoms with Crippen molar-refractivity contribution in [3.05, 3.63) is 77.6 Å². The molecule has 0 N–H and O–H groups in total. The monoisotopic (exact) mass is 454 g/mol. The summed E-state index contributed by atoms with van der Waals surface area (Å²) in [7, 11) is 0. The maximum atomic E-state index is 13.0. The fraction of sp³-hybridized carbons (Fsp3) is 0.360. The lowest BCUT2D eigenvalue weighted by molar-refractivity contribution is -0.137. The Hall–Kier alpha value is -3.13.